The lowest BCUT2D eigenvalue weighted by Crippen LogP contribution is -2.51. The topological polar surface area (TPSA) is 70.6 Å². The Hall–Kier alpha value is -1.43. The zero-order valence-electron chi connectivity index (χ0n) is 11.8. The molecule has 1 aliphatic heterocycles. The van der Waals surface area contributed by atoms with Gasteiger partial charge in [-0.3, -0.25) is 4.79 Å². The number of rotatable bonds is 6. The smallest absolute Gasteiger partial charge is 0.237 e. The summed E-state index contributed by atoms with van der Waals surface area (Å²) in [6, 6.07) is 7.79. The van der Waals surface area contributed by atoms with E-state index in [4.69, 9.17) is 9.84 Å². The fraction of sp³-hybridized carbons (Fsp3) is 0.533. The Morgan fingerprint density at radius 3 is 2.95 bits per heavy atom. The minimum absolute atomic E-state index is 0.0324. The molecular formula is C15H22N2O3. The van der Waals surface area contributed by atoms with Gasteiger partial charge in [0.1, 0.15) is 0 Å². The van der Waals surface area contributed by atoms with E-state index in [1.807, 2.05) is 12.1 Å². The molecular weight excluding hydrogens is 256 g/mol. The van der Waals surface area contributed by atoms with Crippen LogP contribution in [0.4, 0.5) is 0 Å². The van der Waals surface area contributed by atoms with E-state index in [1.165, 1.54) is 11.1 Å². The highest BCUT2D eigenvalue weighted by Gasteiger charge is 2.25. The number of hydrogen-bond acceptors (Lipinski definition) is 4. The molecule has 1 aromatic carbocycles. The van der Waals surface area contributed by atoms with Crippen molar-refractivity contribution < 1.29 is 14.6 Å². The van der Waals surface area contributed by atoms with Crippen molar-refractivity contribution in [2.75, 3.05) is 20.3 Å². The minimum Gasteiger partial charge on any atom is -0.396 e. The van der Waals surface area contributed by atoms with Crippen molar-refractivity contribution in [3.8, 4) is 0 Å². The summed E-state index contributed by atoms with van der Waals surface area (Å²) in [5.41, 5.74) is 2.47. The van der Waals surface area contributed by atoms with Crippen molar-refractivity contribution in [3.05, 3.63) is 35.4 Å². The summed E-state index contributed by atoms with van der Waals surface area (Å²) in [6.07, 6.45) is 1.20. The maximum absolute atomic E-state index is 12.3. The molecule has 0 saturated carbocycles. The summed E-state index contributed by atoms with van der Waals surface area (Å²) in [6.45, 7) is 1.16. The van der Waals surface area contributed by atoms with E-state index in [1.54, 1.807) is 7.11 Å². The normalized spacial score (nSPS) is 19.2. The molecule has 5 nitrogen and oxygen atoms in total. The molecule has 0 bridgehead atoms. The van der Waals surface area contributed by atoms with Gasteiger partial charge in [0, 0.05) is 20.3 Å². The average molecular weight is 278 g/mol. The molecule has 0 fully saturated rings. The monoisotopic (exact) mass is 278 g/mol. The minimum atomic E-state index is -0.219. The molecule has 0 saturated heterocycles. The highest BCUT2D eigenvalue weighted by molar-refractivity contribution is 5.82. The third-order valence-electron chi connectivity index (χ3n) is 3.59. The molecule has 5 heteroatoms. The molecule has 2 atom stereocenters. The Bertz CT molecular complexity index is 444. The lowest BCUT2D eigenvalue weighted by Gasteiger charge is -2.27. The predicted molar refractivity (Wildman–Crippen MR) is 76.3 cm³/mol. The lowest BCUT2D eigenvalue weighted by atomic mass is 9.95. The van der Waals surface area contributed by atoms with E-state index in [2.05, 4.69) is 22.8 Å². The summed E-state index contributed by atoms with van der Waals surface area (Å²) >= 11 is 0. The molecule has 1 aromatic rings. The second-order valence-corrected chi connectivity index (χ2v) is 5.08. The van der Waals surface area contributed by atoms with Gasteiger partial charge in [-0.15, -0.1) is 0 Å². The quantitative estimate of drug-likeness (QED) is 0.696. The Morgan fingerprint density at radius 1 is 1.50 bits per heavy atom. The van der Waals surface area contributed by atoms with Crippen LogP contribution in [0, 0.1) is 0 Å². The Balaban J connectivity index is 1.93. The maximum atomic E-state index is 12.3. The molecule has 1 aliphatic rings. The fourth-order valence-electron chi connectivity index (χ4n) is 2.50. The standard InChI is InChI=1S/C15H22N2O3/c1-20-10-13(6-7-18)17-15(19)14-8-11-4-2-3-5-12(11)9-16-14/h2-5,13-14,16,18H,6-10H2,1H3,(H,17,19)/t13?,14-/m0/s1. The SMILES string of the molecule is COCC(CCO)NC(=O)[C@@H]1Cc2ccccc2CN1. The summed E-state index contributed by atoms with van der Waals surface area (Å²) in [5.74, 6) is -0.0324. The van der Waals surface area contributed by atoms with E-state index in [0.717, 1.165) is 0 Å². The van der Waals surface area contributed by atoms with Crippen molar-refractivity contribution in [2.45, 2.75) is 31.5 Å². The van der Waals surface area contributed by atoms with Crippen LogP contribution in [0.1, 0.15) is 17.5 Å². The van der Waals surface area contributed by atoms with Gasteiger partial charge in [0.15, 0.2) is 0 Å². The second-order valence-electron chi connectivity index (χ2n) is 5.08. The number of fused-ring (bicyclic) bond motifs is 1. The van der Waals surface area contributed by atoms with Gasteiger partial charge in [0.25, 0.3) is 0 Å². The summed E-state index contributed by atoms with van der Waals surface area (Å²) < 4.78 is 5.05. The highest BCUT2D eigenvalue weighted by atomic mass is 16.5. The Kier molecular flexibility index (Phi) is 5.52. The molecule has 0 aromatic heterocycles. The van der Waals surface area contributed by atoms with Crippen molar-refractivity contribution >= 4 is 5.91 Å². The lowest BCUT2D eigenvalue weighted by molar-refractivity contribution is -0.124. The van der Waals surface area contributed by atoms with Crippen molar-refractivity contribution in [3.63, 3.8) is 0 Å². The number of nitrogens with one attached hydrogen (secondary N) is 2. The molecule has 1 heterocycles. The third kappa shape index (κ3) is 3.79. The first kappa shape index (κ1) is 15.0. The van der Waals surface area contributed by atoms with Gasteiger partial charge in [-0.2, -0.15) is 0 Å². The van der Waals surface area contributed by atoms with E-state index >= 15 is 0 Å². The zero-order chi connectivity index (χ0) is 14.4. The number of aliphatic hydroxyl groups is 1. The number of amides is 1. The van der Waals surface area contributed by atoms with Crippen LogP contribution in [0.25, 0.3) is 0 Å². The van der Waals surface area contributed by atoms with Gasteiger partial charge in [0.2, 0.25) is 5.91 Å². The van der Waals surface area contributed by atoms with E-state index in [0.29, 0.717) is 26.0 Å². The van der Waals surface area contributed by atoms with Crippen LogP contribution >= 0.6 is 0 Å². The van der Waals surface area contributed by atoms with Crippen LogP contribution < -0.4 is 10.6 Å². The van der Waals surface area contributed by atoms with Gasteiger partial charge >= 0.3 is 0 Å². The Labute approximate surface area is 119 Å². The van der Waals surface area contributed by atoms with E-state index in [-0.39, 0.29) is 24.6 Å². The highest BCUT2D eigenvalue weighted by Crippen LogP contribution is 2.16. The van der Waals surface area contributed by atoms with Crippen molar-refractivity contribution in [1.82, 2.24) is 10.6 Å². The number of hydrogen-bond donors (Lipinski definition) is 3. The van der Waals surface area contributed by atoms with Gasteiger partial charge in [-0.05, 0) is 24.0 Å². The average Bonchev–Trinajstić information content (AvgIpc) is 2.47. The zero-order valence-corrected chi connectivity index (χ0v) is 11.8. The fourth-order valence-corrected chi connectivity index (χ4v) is 2.50. The van der Waals surface area contributed by atoms with Gasteiger partial charge < -0.3 is 20.5 Å². The molecule has 2 rings (SSSR count). The van der Waals surface area contributed by atoms with Crippen LogP contribution in [0.15, 0.2) is 24.3 Å². The number of aliphatic hydroxyl groups excluding tert-OH is 1. The van der Waals surface area contributed by atoms with E-state index in [9.17, 15) is 4.79 Å². The van der Waals surface area contributed by atoms with Gasteiger partial charge in [0.05, 0.1) is 18.7 Å². The summed E-state index contributed by atoms with van der Waals surface area (Å²) in [7, 11) is 1.59. The summed E-state index contributed by atoms with van der Waals surface area (Å²) in [4.78, 5) is 12.3. The van der Waals surface area contributed by atoms with Crippen molar-refractivity contribution in [1.29, 1.82) is 0 Å². The van der Waals surface area contributed by atoms with Crippen molar-refractivity contribution in [2.24, 2.45) is 0 Å². The van der Waals surface area contributed by atoms with E-state index < -0.39 is 0 Å². The molecule has 0 aliphatic carbocycles. The summed E-state index contributed by atoms with van der Waals surface area (Å²) in [5, 5.41) is 15.2. The van der Waals surface area contributed by atoms with Gasteiger partial charge in [-0.25, -0.2) is 0 Å². The largest absolute Gasteiger partial charge is 0.396 e. The van der Waals surface area contributed by atoms with Gasteiger partial charge in [-0.1, -0.05) is 24.3 Å². The van der Waals surface area contributed by atoms with Crippen LogP contribution in [0.3, 0.4) is 0 Å². The third-order valence-corrected chi connectivity index (χ3v) is 3.59. The molecule has 110 valence electrons. The molecule has 3 N–H and O–H groups in total. The molecule has 20 heavy (non-hydrogen) atoms. The first-order chi connectivity index (χ1) is 9.74. The number of carbonyl (C=O) groups is 1. The Morgan fingerprint density at radius 2 is 2.25 bits per heavy atom. The van der Waals surface area contributed by atoms with Crippen LogP contribution in [-0.4, -0.2) is 43.4 Å². The molecule has 1 unspecified atom stereocenters. The maximum Gasteiger partial charge on any atom is 0.237 e. The first-order valence-corrected chi connectivity index (χ1v) is 6.95. The number of ether oxygens (including phenoxy) is 1. The number of benzene rings is 1. The predicted octanol–water partition coefficient (Wildman–Crippen LogP) is 0.214. The molecule has 1 amide bonds. The van der Waals surface area contributed by atoms with Crippen LogP contribution in [0.5, 0.6) is 0 Å². The number of methoxy groups -OCH3 is 1. The van der Waals surface area contributed by atoms with Crippen LogP contribution in [-0.2, 0) is 22.5 Å². The molecule has 0 radical (unpaired) electrons. The number of carbonyl (C=O) groups excluding carboxylic acids is 1. The first-order valence-electron chi connectivity index (χ1n) is 6.95. The van der Waals surface area contributed by atoms with Crippen LogP contribution in [0.2, 0.25) is 0 Å². The second kappa shape index (κ2) is 7.38. The molecule has 0 spiro atoms.